The van der Waals surface area contributed by atoms with Crippen LogP contribution in [-0.2, 0) is 4.79 Å². The number of nitrogens with one attached hydrogen (secondary N) is 1. The molecule has 1 heterocycles. The molecule has 2 N–H and O–H groups in total. The van der Waals surface area contributed by atoms with Gasteiger partial charge in [-0.25, -0.2) is 0 Å². The highest BCUT2D eigenvalue weighted by Crippen LogP contribution is 2.31. The second-order valence-electron chi connectivity index (χ2n) is 4.84. The van der Waals surface area contributed by atoms with Crippen LogP contribution in [0.25, 0.3) is 0 Å². The molecule has 0 radical (unpaired) electrons. The van der Waals surface area contributed by atoms with Gasteiger partial charge in [-0.2, -0.15) is 0 Å². The van der Waals surface area contributed by atoms with Crippen molar-refractivity contribution in [2.75, 3.05) is 14.2 Å². The van der Waals surface area contributed by atoms with Crippen LogP contribution in [0.3, 0.4) is 0 Å². The summed E-state index contributed by atoms with van der Waals surface area (Å²) in [6, 6.07) is 6.92. The molecule has 24 heavy (non-hydrogen) atoms. The average Bonchev–Trinajstić information content (AvgIpc) is 2.99. The quantitative estimate of drug-likeness (QED) is 0.794. The minimum absolute atomic E-state index is 0.0112. The summed E-state index contributed by atoms with van der Waals surface area (Å²) < 4.78 is 15.4. The zero-order valence-electron chi connectivity index (χ0n) is 13.0. The maximum Gasteiger partial charge on any atom is 0.305 e. The summed E-state index contributed by atoms with van der Waals surface area (Å²) in [4.78, 5) is 23.4. The number of hydrogen-bond acceptors (Lipinski definition) is 5. The molecule has 0 aliphatic carbocycles. The molecule has 0 aliphatic rings. The van der Waals surface area contributed by atoms with E-state index < -0.39 is 17.9 Å². The van der Waals surface area contributed by atoms with Crippen molar-refractivity contribution in [3.63, 3.8) is 0 Å². The van der Waals surface area contributed by atoms with E-state index in [2.05, 4.69) is 5.32 Å². The molecular formula is C16H16ClNO6. The summed E-state index contributed by atoms with van der Waals surface area (Å²) in [7, 11) is 2.95. The maximum atomic E-state index is 12.2. The Kier molecular flexibility index (Phi) is 5.70. The molecule has 1 aromatic carbocycles. The predicted molar refractivity (Wildman–Crippen MR) is 85.7 cm³/mol. The van der Waals surface area contributed by atoms with Crippen LogP contribution in [0.5, 0.6) is 11.5 Å². The van der Waals surface area contributed by atoms with Crippen LogP contribution < -0.4 is 14.8 Å². The Morgan fingerprint density at radius 1 is 1.25 bits per heavy atom. The summed E-state index contributed by atoms with van der Waals surface area (Å²) in [6.07, 6.45) is -0.330. The summed E-state index contributed by atoms with van der Waals surface area (Å²) >= 11 is 5.65. The van der Waals surface area contributed by atoms with E-state index in [1.807, 2.05) is 0 Å². The molecular weight excluding hydrogens is 338 g/mol. The van der Waals surface area contributed by atoms with E-state index in [9.17, 15) is 9.59 Å². The Morgan fingerprint density at radius 2 is 2.00 bits per heavy atom. The van der Waals surface area contributed by atoms with Gasteiger partial charge >= 0.3 is 5.97 Å². The smallest absolute Gasteiger partial charge is 0.305 e. The van der Waals surface area contributed by atoms with Gasteiger partial charge in [0.25, 0.3) is 5.91 Å². The van der Waals surface area contributed by atoms with Gasteiger partial charge in [-0.1, -0.05) is 0 Å². The molecule has 7 nitrogen and oxygen atoms in total. The molecule has 1 aromatic heterocycles. The number of hydrogen-bond donors (Lipinski definition) is 2. The second-order valence-corrected chi connectivity index (χ2v) is 5.21. The monoisotopic (exact) mass is 353 g/mol. The third-order valence-corrected chi connectivity index (χ3v) is 3.50. The lowest BCUT2D eigenvalue weighted by molar-refractivity contribution is -0.137. The van der Waals surface area contributed by atoms with E-state index in [4.69, 9.17) is 30.6 Å². The van der Waals surface area contributed by atoms with Crippen molar-refractivity contribution in [3.05, 3.63) is 46.9 Å². The normalized spacial score (nSPS) is 11.6. The topological polar surface area (TPSA) is 98.0 Å². The molecule has 0 saturated carbocycles. The van der Waals surface area contributed by atoms with E-state index in [0.29, 0.717) is 17.1 Å². The number of carbonyl (C=O) groups is 2. The van der Waals surface area contributed by atoms with Gasteiger partial charge < -0.3 is 24.3 Å². The molecule has 8 heteroatoms. The van der Waals surface area contributed by atoms with E-state index in [-0.39, 0.29) is 17.4 Å². The minimum Gasteiger partial charge on any atom is -0.497 e. The zero-order valence-corrected chi connectivity index (χ0v) is 13.8. The fraction of sp³-hybridized carbons (Fsp3) is 0.250. The van der Waals surface area contributed by atoms with Crippen LogP contribution in [0, 0.1) is 0 Å². The van der Waals surface area contributed by atoms with E-state index in [0.717, 1.165) is 0 Å². The number of rotatable bonds is 7. The van der Waals surface area contributed by atoms with Crippen LogP contribution in [0.15, 0.2) is 34.7 Å². The molecule has 1 amide bonds. The molecule has 1 atom stereocenters. The summed E-state index contributed by atoms with van der Waals surface area (Å²) in [5, 5.41) is 11.8. The zero-order chi connectivity index (χ0) is 17.7. The molecule has 1 unspecified atom stereocenters. The average molecular weight is 354 g/mol. The third-order valence-electron chi connectivity index (χ3n) is 3.30. The van der Waals surface area contributed by atoms with E-state index in [1.54, 1.807) is 18.2 Å². The molecule has 0 saturated heterocycles. The first kappa shape index (κ1) is 17.7. The predicted octanol–water partition coefficient (Wildman–Crippen LogP) is 2.90. The number of carboxylic acid groups (broad SMARTS) is 1. The van der Waals surface area contributed by atoms with Crippen LogP contribution in [0.4, 0.5) is 0 Å². The second kappa shape index (κ2) is 7.74. The van der Waals surface area contributed by atoms with Crippen molar-refractivity contribution < 1.29 is 28.6 Å². The number of carboxylic acids is 1. The van der Waals surface area contributed by atoms with Crippen molar-refractivity contribution in [1.82, 2.24) is 5.32 Å². The van der Waals surface area contributed by atoms with Crippen molar-refractivity contribution in [2.45, 2.75) is 12.5 Å². The number of furan rings is 1. The molecule has 0 fully saturated rings. The Balaban J connectivity index is 2.31. The fourth-order valence-corrected chi connectivity index (χ4v) is 2.33. The third kappa shape index (κ3) is 4.20. The lowest BCUT2D eigenvalue weighted by Crippen LogP contribution is -2.30. The summed E-state index contributed by atoms with van der Waals surface area (Å²) in [5.41, 5.74) is 0.506. The number of halogens is 1. The van der Waals surface area contributed by atoms with Crippen LogP contribution in [0.2, 0.25) is 5.22 Å². The van der Waals surface area contributed by atoms with Gasteiger partial charge in [0.05, 0.1) is 26.7 Å². The van der Waals surface area contributed by atoms with Crippen molar-refractivity contribution in [2.24, 2.45) is 0 Å². The molecule has 2 rings (SSSR count). The first-order valence-corrected chi connectivity index (χ1v) is 7.32. The Hall–Kier alpha value is -2.67. The first-order chi connectivity index (χ1) is 11.4. The summed E-state index contributed by atoms with van der Waals surface area (Å²) in [6.45, 7) is 0. The highest BCUT2D eigenvalue weighted by molar-refractivity contribution is 6.29. The number of aliphatic carboxylic acids is 1. The van der Waals surface area contributed by atoms with Crippen LogP contribution in [0.1, 0.15) is 28.6 Å². The fourth-order valence-electron chi connectivity index (χ4n) is 2.19. The lowest BCUT2D eigenvalue weighted by Gasteiger charge is -2.20. The number of methoxy groups -OCH3 is 2. The standard InChI is InChI=1S/C16H16ClNO6/c1-22-9-3-4-10(13(7-9)23-2)11(8-15(19)20)18-16(21)12-5-6-14(17)24-12/h3-7,11H,8H2,1-2H3,(H,18,21)(H,19,20). The van der Waals surface area contributed by atoms with Crippen molar-refractivity contribution >= 4 is 23.5 Å². The SMILES string of the molecule is COc1ccc(C(CC(=O)O)NC(=O)c2ccc(Cl)o2)c(OC)c1. The number of amides is 1. The van der Waals surface area contributed by atoms with Gasteiger partial charge in [-0.15, -0.1) is 0 Å². The maximum absolute atomic E-state index is 12.2. The lowest BCUT2D eigenvalue weighted by atomic mass is 10.0. The molecule has 2 aromatic rings. The number of ether oxygens (including phenoxy) is 2. The molecule has 0 bridgehead atoms. The van der Waals surface area contributed by atoms with Gasteiger partial charge in [0.15, 0.2) is 11.0 Å². The van der Waals surface area contributed by atoms with Gasteiger partial charge in [-0.05, 0) is 35.9 Å². The Morgan fingerprint density at radius 3 is 2.54 bits per heavy atom. The van der Waals surface area contributed by atoms with Gasteiger partial charge in [-0.3, -0.25) is 9.59 Å². The largest absolute Gasteiger partial charge is 0.497 e. The van der Waals surface area contributed by atoms with Crippen LogP contribution >= 0.6 is 11.6 Å². The summed E-state index contributed by atoms with van der Waals surface area (Å²) in [5.74, 6) is -0.711. The molecule has 0 aliphatic heterocycles. The molecule has 128 valence electrons. The Labute approximate surface area is 143 Å². The van der Waals surface area contributed by atoms with Crippen molar-refractivity contribution in [3.8, 4) is 11.5 Å². The van der Waals surface area contributed by atoms with E-state index in [1.165, 1.54) is 26.4 Å². The van der Waals surface area contributed by atoms with E-state index >= 15 is 0 Å². The first-order valence-electron chi connectivity index (χ1n) is 6.94. The Bertz CT molecular complexity index is 742. The van der Waals surface area contributed by atoms with Crippen LogP contribution in [-0.4, -0.2) is 31.2 Å². The van der Waals surface area contributed by atoms with Crippen molar-refractivity contribution in [1.29, 1.82) is 0 Å². The minimum atomic E-state index is -1.07. The molecule has 0 spiro atoms. The highest BCUT2D eigenvalue weighted by Gasteiger charge is 2.23. The highest BCUT2D eigenvalue weighted by atomic mass is 35.5. The van der Waals surface area contributed by atoms with Gasteiger partial charge in [0.1, 0.15) is 11.5 Å². The number of carbonyl (C=O) groups excluding carboxylic acids is 1. The number of benzene rings is 1. The van der Waals surface area contributed by atoms with Gasteiger partial charge in [0.2, 0.25) is 0 Å². The van der Waals surface area contributed by atoms with Gasteiger partial charge in [0, 0.05) is 11.6 Å².